The maximum absolute atomic E-state index is 9.00. The second-order valence-electron chi connectivity index (χ2n) is 0.519. The number of hydrogen-bond acceptors (Lipinski definition) is 1. The zero-order valence-electron chi connectivity index (χ0n) is 2.71. The second kappa shape index (κ2) is 15.9. The van der Waals surface area contributed by atoms with Gasteiger partial charge in [-0.2, -0.15) is 0 Å². The Kier molecular flexibility index (Phi) is 51.3. The Bertz CT molecular complexity index is 36.7. The van der Waals surface area contributed by atoms with E-state index in [1.165, 1.54) is 0 Å². The van der Waals surface area contributed by atoms with Crippen molar-refractivity contribution in [3.8, 4) is 0 Å². The number of rotatable bonds is 0. The summed E-state index contributed by atoms with van der Waals surface area (Å²) in [7, 11) is 0. The fourth-order valence-corrected chi connectivity index (χ4v) is 0. The molecule has 2 nitrogen and oxygen atoms in total. The van der Waals surface area contributed by atoms with E-state index in [2.05, 4.69) is 0 Å². The fraction of sp³-hybridized carbons (Fsp3) is 0.500. The van der Waals surface area contributed by atoms with E-state index in [9.17, 15) is 0 Å². The van der Waals surface area contributed by atoms with Gasteiger partial charge in [0.2, 0.25) is 0 Å². The average Bonchev–Trinajstić information content (AvgIpc) is 0.811. The molecule has 36 valence electrons. The number of carboxylic acid groups (broad SMARTS) is 1. The molecule has 0 aromatic carbocycles. The molecular formula is C2H6GdNa2O2. The molecule has 0 saturated carbocycles. The van der Waals surface area contributed by atoms with Gasteiger partial charge in [-0.15, -0.1) is 0 Å². The molecule has 0 bridgehead atoms. The quantitative estimate of drug-likeness (QED) is 0.558. The van der Waals surface area contributed by atoms with Crippen molar-refractivity contribution in [3.63, 3.8) is 0 Å². The fourth-order valence-electron chi connectivity index (χ4n) is 0. The van der Waals surface area contributed by atoms with Crippen LogP contribution in [-0.4, -0.2) is 70.2 Å². The Hall–Kier alpha value is 2.79. The number of carboxylic acids is 1. The van der Waals surface area contributed by atoms with Crippen LogP contribution in [0.4, 0.5) is 0 Å². The number of hydrogen-bond donors (Lipinski definition) is 1. The molecule has 1 N–H and O–H groups in total. The Morgan fingerprint density at radius 3 is 1.43 bits per heavy atom. The average molecular weight is 265 g/mol. The maximum atomic E-state index is 9.00. The molecule has 0 spiro atoms. The Morgan fingerprint density at radius 1 is 1.43 bits per heavy atom. The first kappa shape index (κ1) is 22.6. The van der Waals surface area contributed by atoms with Gasteiger partial charge in [-0.05, 0) is 0 Å². The van der Waals surface area contributed by atoms with Crippen molar-refractivity contribution in [2.45, 2.75) is 6.92 Å². The van der Waals surface area contributed by atoms with Crippen molar-refractivity contribution in [2.75, 3.05) is 0 Å². The summed E-state index contributed by atoms with van der Waals surface area (Å²) < 4.78 is 0. The molecule has 0 aromatic rings. The summed E-state index contributed by atoms with van der Waals surface area (Å²) in [4.78, 5) is 9.00. The van der Waals surface area contributed by atoms with Crippen molar-refractivity contribution in [1.82, 2.24) is 0 Å². The van der Waals surface area contributed by atoms with Crippen LogP contribution in [0.2, 0.25) is 0 Å². The molecule has 0 aliphatic carbocycles. The molecule has 0 fully saturated rings. The standard InChI is InChI=1S/C2H4O2.Gd.2Na.2H/c1-2(3)4;;;;;/h1H3,(H,3,4);;;;;. The first-order chi connectivity index (χ1) is 1.73. The van der Waals surface area contributed by atoms with Crippen LogP contribution in [0.3, 0.4) is 0 Å². The van der Waals surface area contributed by atoms with Gasteiger partial charge in [0.1, 0.15) is 0 Å². The molecule has 0 radical (unpaired) electrons. The van der Waals surface area contributed by atoms with Crippen molar-refractivity contribution < 1.29 is 49.8 Å². The van der Waals surface area contributed by atoms with E-state index in [0.717, 1.165) is 6.92 Å². The summed E-state index contributed by atoms with van der Waals surface area (Å²) >= 11 is 0. The van der Waals surface area contributed by atoms with Crippen LogP contribution in [-0.2, 0) is 4.79 Å². The Balaban J connectivity index is -0.0000000150. The van der Waals surface area contributed by atoms with E-state index in [1.807, 2.05) is 0 Å². The number of carbonyl (C=O) groups is 1. The Morgan fingerprint density at radius 2 is 1.43 bits per heavy atom. The molecule has 0 atom stereocenters. The Labute approximate surface area is 119 Å². The summed E-state index contributed by atoms with van der Waals surface area (Å²) in [6, 6.07) is 0. The molecule has 0 aromatic heterocycles. The molecule has 0 aliphatic rings. The molecule has 0 aliphatic heterocycles. The van der Waals surface area contributed by atoms with Crippen LogP contribution in [0, 0.1) is 39.9 Å². The van der Waals surface area contributed by atoms with Gasteiger partial charge < -0.3 is 5.11 Å². The van der Waals surface area contributed by atoms with E-state index in [-0.39, 0.29) is 99.1 Å². The summed E-state index contributed by atoms with van der Waals surface area (Å²) in [6.07, 6.45) is 0. The monoisotopic (exact) mass is 266 g/mol. The van der Waals surface area contributed by atoms with Crippen LogP contribution < -0.4 is 0 Å². The zero-order valence-corrected chi connectivity index (χ0v) is 4.98. The molecule has 7 heavy (non-hydrogen) atoms. The van der Waals surface area contributed by atoms with Gasteiger partial charge in [-0.3, -0.25) is 4.79 Å². The van der Waals surface area contributed by atoms with Crippen molar-refractivity contribution in [1.29, 1.82) is 0 Å². The van der Waals surface area contributed by atoms with Crippen molar-refractivity contribution >= 4 is 65.1 Å². The van der Waals surface area contributed by atoms with E-state index in [1.54, 1.807) is 0 Å². The van der Waals surface area contributed by atoms with Crippen LogP contribution in [0.5, 0.6) is 0 Å². The first-order valence-electron chi connectivity index (χ1n) is 0.928. The van der Waals surface area contributed by atoms with E-state index < -0.39 is 5.97 Å². The van der Waals surface area contributed by atoms with Gasteiger partial charge in [-0.1, -0.05) is 0 Å². The predicted molar refractivity (Wildman–Crippen MR) is 27.6 cm³/mol. The second-order valence-corrected chi connectivity index (χ2v) is 0.519. The van der Waals surface area contributed by atoms with E-state index in [0.29, 0.717) is 0 Å². The summed E-state index contributed by atoms with van der Waals surface area (Å²) in [5, 5.41) is 7.42. The summed E-state index contributed by atoms with van der Waals surface area (Å²) in [6.45, 7) is 1.08. The zero-order chi connectivity index (χ0) is 3.58. The van der Waals surface area contributed by atoms with Crippen LogP contribution in [0.15, 0.2) is 0 Å². The van der Waals surface area contributed by atoms with E-state index >= 15 is 0 Å². The normalized spacial score (nSPS) is 3.57. The third-order valence-corrected chi connectivity index (χ3v) is 0. The van der Waals surface area contributed by atoms with Crippen molar-refractivity contribution in [3.05, 3.63) is 0 Å². The van der Waals surface area contributed by atoms with Gasteiger partial charge in [0.25, 0.3) is 5.97 Å². The minimum atomic E-state index is -0.833. The van der Waals surface area contributed by atoms with Gasteiger partial charge in [-0.25, -0.2) is 0 Å². The van der Waals surface area contributed by atoms with Gasteiger partial charge in [0.05, 0.1) is 0 Å². The van der Waals surface area contributed by atoms with Crippen LogP contribution in [0.25, 0.3) is 0 Å². The third-order valence-electron chi connectivity index (χ3n) is 0. The molecule has 0 rings (SSSR count). The molecule has 0 amide bonds. The first-order valence-corrected chi connectivity index (χ1v) is 0.928. The molecule has 0 unspecified atom stereocenters. The molecule has 0 saturated heterocycles. The SMILES string of the molecule is CC(=O)O.[Gd].[NaH].[NaH]. The summed E-state index contributed by atoms with van der Waals surface area (Å²) in [5.74, 6) is -0.833. The number of aliphatic carboxylic acids is 1. The van der Waals surface area contributed by atoms with Gasteiger partial charge in [0.15, 0.2) is 0 Å². The minimum absolute atomic E-state index is 0. The van der Waals surface area contributed by atoms with E-state index in [4.69, 9.17) is 9.90 Å². The van der Waals surface area contributed by atoms with Gasteiger partial charge >= 0.3 is 59.1 Å². The molecule has 0 heterocycles. The third kappa shape index (κ3) is 52.0. The summed E-state index contributed by atoms with van der Waals surface area (Å²) in [5.41, 5.74) is 0. The topological polar surface area (TPSA) is 37.3 Å². The van der Waals surface area contributed by atoms with Crippen LogP contribution >= 0.6 is 0 Å². The molecular weight excluding hydrogens is 259 g/mol. The van der Waals surface area contributed by atoms with Crippen LogP contribution in [0.1, 0.15) is 6.92 Å². The molecule has 5 heteroatoms. The predicted octanol–water partition coefficient (Wildman–Crippen LogP) is -1.21. The van der Waals surface area contributed by atoms with Gasteiger partial charge in [0, 0.05) is 46.9 Å². The van der Waals surface area contributed by atoms with Crippen molar-refractivity contribution in [2.24, 2.45) is 0 Å².